The molecule has 0 aliphatic rings. The van der Waals surface area contributed by atoms with Crippen LogP contribution in [0.5, 0.6) is 0 Å². The topological polar surface area (TPSA) is 66.9 Å². The van der Waals surface area contributed by atoms with E-state index in [2.05, 4.69) is 20.6 Å². The number of rotatable bonds is 5. The molecule has 0 spiro atoms. The Kier molecular flexibility index (Phi) is 4.95. The first-order chi connectivity index (χ1) is 9.67. The second-order valence-electron chi connectivity index (χ2n) is 4.08. The highest BCUT2D eigenvalue weighted by molar-refractivity contribution is 7.99. The van der Waals surface area contributed by atoms with Crippen molar-refractivity contribution in [3.05, 3.63) is 36.7 Å². The third-order valence-corrected chi connectivity index (χ3v) is 3.34. The number of benzene rings is 1. The van der Waals surface area contributed by atoms with E-state index in [1.165, 1.54) is 6.92 Å². The summed E-state index contributed by atoms with van der Waals surface area (Å²) in [7, 11) is 0. The van der Waals surface area contributed by atoms with E-state index in [1.807, 2.05) is 37.3 Å². The molecule has 6 heteroatoms. The van der Waals surface area contributed by atoms with Crippen molar-refractivity contribution in [2.45, 2.75) is 23.8 Å². The highest BCUT2D eigenvalue weighted by atomic mass is 32.2. The average Bonchev–Trinajstić information content (AvgIpc) is 2.41. The summed E-state index contributed by atoms with van der Waals surface area (Å²) in [5, 5.41) is 6.77. The lowest BCUT2D eigenvalue weighted by Gasteiger charge is -2.06. The molecule has 1 aromatic carbocycles. The minimum atomic E-state index is -0.0727. The van der Waals surface area contributed by atoms with Crippen molar-refractivity contribution in [2.24, 2.45) is 0 Å². The molecule has 0 aliphatic carbocycles. The van der Waals surface area contributed by atoms with Crippen LogP contribution in [-0.4, -0.2) is 22.4 Å². The summed E-state index contributed by atoms with van der Waals surface area (Å²) >= 11 is 1.55. The van der Waals surface area contributed by atoms with Gasteiger partial charge in [-0.05, 0) is 31.2 Å². The Morgan fingerprint density at radius 3 is 2.65 bits per heavy atom. The maximum absolute atomic E-state index is 10.9. The molecule has 2 aromatic rings. The molecular formula is C14H16N4OS. The van der Waals surface area contributed by atoms with Crippen LogP contribution in [-0.2, 0) is 4.79 Å². The molecule has 0 radical (unpaired) electrons. The van der Waals surface area contributed by atoms with Gasteiger partial charge in [0.1, 0.15) is 17.2 Å². The van der Waals surface area contributed by atoms with Gasteiger partial charge >= 0.3 is 0 Å². The zero-order valence-corrected chi connectivity index (χ0v) is 12.2. The highest BCUT2D eigenvalue weighted by Gasteiger charge is 2.02. The SMILES string of the molecule is CCNc1cc(Sc2ccc(NC(C)=O)cc2)ncn1. The van der Waals surface area contributed by atoms with E-state index >= 15 is 0 Å². The fraction of sp³-hybridized carbons (Fsp3) is 0.214. The van der Waals surface area contributed by atoms with Gasteiger partial charge in [-0.25, -0.2) is 9.97 Å². The number of hydrogen-bond acceptors (Lipinski definition) is 5. The number of amides is 1. The van der Waals surface area contributed by atoms with Gasteiger partial charge in [0.2, 0.25) is 5.91 Å². The van der Waals surface area contributed by atoms with E-state index in [9.17, 15) is 4.79 Å². The third-order valence-electron chi connectivity index (χ3n) is 2.40. The smallest absolute Gasteiger partial charge is 0.221 e. The van der Waals surface area contributed by atoms with Gasteiger partial charge in [-0.1, -0.05) is 11.8 Å². The van der Waals surface area contributed by atoms with Crippen molar-refractivity contribution in [2.75, 3.05) is 17.2 Å². The first-order valence-electron chi connectivity index (χ1n) is 6.29. The van der Waals surface area contributed by atoms with Crippen LogP contribution in [0.15, 0.2) is 46.6 Å². The summed E-state index contributed by atoms with van der Waals surface area (Å²) in [4.78, 5) is 20.4. The van der Waals surface area contributed by atoms with E-state index in [-0.39, 0.29) is 5.91 Å². The van der Waals surface area contributed by atoms with Gasteiger partial charge in [0, 0.05) is 30.1 Å². The molecule has 0 unspecified atom stereocenters. The van der Waals surface area contributed by atoms with Crippen LogP contribution in [0.4, 0.5) is 11.5 Å². The van der Waals surface area contributed by atoms with E-state index in [0.29, 0.717) is 0 Å². The molecule has 0 saturated heterocycles. The van der Waals surface area contributed by atoms with Crippen LogP contribution in [0.1, 0.15) is 13.8 Å². The van der Waals surface area contributed by atoms with Crippen molar-refractivity contribution in [1.29, 1.82) is 0 Å². The van der Waals surface area contributed by atoms with Crippen LogP contribution < -0.4 is 10.6 Å². The van der Waals surface area contributed by atoms with Gasteiger partial charge < -0.3 is 10.6 Å². The monoisotopic (exact) mass is 288 g/mol. The van der Waals surface area contributed by atoms with Crippen molar-refractivity contribution < 1.29 is 4.79 Å². The number of nitrogens with zero attached hydrogens (tertiary/aromatic N) is 2. The molecular weight excluding hydrogens is 272 g/mol. The molecule has 1 heterocycles. The summed E-state index contributed by atoms with van der Waals surface area (Å²) in [5.74, 6) is 0.747. The molecule has 104 valence electrons. The average molecular weight is 288 g/mol. The summed E-state index contributed by atoms with van der Waals surface area (Å²) < 4.78 is 0. The molecule has 1 amide bonds. The molecule has 0 atom stereocenters. The standard InChI is InChI=1S/C14H16N4OS/c1-3-15-13-8-14(17-9-16-13)20-12-6-4-11(5-7-12)18-10(2)19/h4-9H,3H2,1-2H3,(H,18,19)(H,15,16,17). The Hall–Kier alpha value is -2.08. The van der Waals surface area contributed by atoms with Crippen molar-refractivity contribution in [3.63, 3.8) is 0 Å². The van der Waals surface area contributed by atoms with Gasteiger partial charge in [-0.15, -0.1) is 0 Å². The molecule has 1 aromatic heterocycles. The van der Waals surface area contributed by atoms with Crippen LogP contribution in [0.2, 0.25) is 0 Å². The first-order valence-corrected chi connectivity index (χ1v) is 7.10. The van der Waals surface area contributed by atoms with Crippen LogP contribution >= 0.6 is 11.8 Å². The maximum atomic E-state index is 10.9. The molecule has 2 rings (SSSR count). The number of carbonyl (C=O) groups excluding carboxylic acids is 1. The number of hydrogen-bond donors (Lipinski definition) is 2. The predicted octanol–water partition coefficient (Wildman–Crippen LogP) is 3.02. The number of aromatic nitrogens is 2. The first kappa shape index (κ1) is 14.3. The van der Waals surface area contributed by atoms with Gasteiger partial charge in [0.05, 0.1) is 0 Å². The molecule has 0 fully saturated rings. The fourth-order valence-corrected chi connectivity index (χ4v) is 2.39. The zero-order valence-electron chi connectivity index (χ0n) is 11.4. The second-order valence-corrected chi connectivity index (χ2v) is 5.17. The Bertz CT molecular complexity index is 586. The van der Waals surface area contributed by atoms with Gasteiger partial charge in [0.15, 0.2) is 0 Å². The van der Waals surface area contributed by atoms with Crippen molar-refractivity contribution in [3.8, 4) is 0 Å². The predicted molar refractivity (Wildman–Crippen MR) is 81.1 cm³/mol. The summed E-state index contributed by atoms with van der Waals surface area (Å²) in [6, 6.07) is 9.55. The minimum Gasteiger partial charge on any atom is -0.370 e. The van der Waals surface area contributed by atoms with Crippen molar-refractivity contribution >= 4 is 29.2 Å². The lowest BCUT2D eigenvalue weighted by atomic mass is 10.3. The quantitative estimate of drug-likeness (QED) is 0.828. The van der Waals surface area contributed by atoms with Crippen LogP contribution in [0, 0.1) is 0 Å². The maximum Gasteiger partial charge on any atom is 0.221 e. The molecule has 5 nitrogen and oxygen atoms in total. The number of carbonyl (C=O) groups is 1. The molecule has 20 heavy (non-hydrogen) atoms. The van der Waals surface area contributed by atoms with Gasteiger partial charge in [0.25, 0.3) is 0 Å². The zero-order chi connectivity index (χ0) is 14.4. The number of anilines is 2. The second kappa shape index (κ2) is 6.91. The summed E-state index contributed by atoms with van der Waals surface area (Å²) in [6.45, 7) is 4.34. The van der Waals surface area contributed by atoms with Crippen LogP contribution in [0.25, 0.3) is 0 Å². The van der Waals surface area contributed by atoms with Gasteiger partial charge in [-0.2, -0.15) is 0 Å². The third kappa shape index (κ3) is 4.24. The summed E-state index contributed by atoms with van der Waals surface area (Å²) in [6.07, 6.45) is 1.55. The Labute approximate surface area is 122 Å². The number of nitrogens with one attached hydrogen (secondary N) is 2. The molecule has 0 bridgehead atoms. The lowest BCUT2D eigenvalue weighted by molar-refractivity contribution is -0.114. The molecule has 0 aliphatic heterocycles. The lowest BCUT2D eigenvalue weighted by Crippen LogP contribution is -2.05. The van der Waals surface area contributed by atoms with E-state index in [0.717, 1.165) is 28.0 Å². The molecule has 2 N–H and O–H groups in total. The Balaban J connectivity index is 2.05. The summed E-state index contributed by atoms with van der Waals surface area (Å²) in [5.41, 5.74) is 0.790. The normalized spacial score (nSPS) is 10.1. The Morgan fingerprint density at radius 1 is 1.25 bits per heavy atom. The van der Waals surface area contributed by atoms with E-state index in [1.54, 1.807) is 18.1 Å². The van der Waals surface area contributed by atoms with Gasteiger partial charge in [-0.3, -0.25) is 4.79 Å². The largest absolute Gasteiger partial charge is 0.370 e. The van der Waals surface area contributed by atoms with Crippen LogP contribution in [0.3, 0.4) is 0 Å². The highest BCUT2D eigenvalue weighted by Crippen LogP contribution is 2.27. The fourth-order valence-electron chi connectivity index (χ4n) is 1.60. The van der Waals surface area contributed by atoms with E-state index < -0.39 is 0 Å². The minimum absolute atomic E-state index is 0.0727. The Morgan fingerprint density at radius 2 is 2.00 bits per heavy atom. The van der Waals surface area contributed by atoms with Crippen molar-refractivity contribution in [1.82, 2.24) is 9.97 Å². The van der Waals surface area contributed by atoms with E-state index in [4.69, 9.17) is 0 Å². The molecule has 0 saturated carbocycles.